The minimum atomic E-state index is -0.0444. The van der Waals surface area contributed by atoms with E-state index >= 15 is 0 Å². The average molecular weight is 313 g/mol. The molecule has 22 heavy (non-hydrogen) atoms. The zero-order valence-electron chi connectivity index (χ0n) is 12.3. The van der Waals surface area contributed by atoms with Gasteiger partial charge in [0.05, 0.1) is 0 Å². The predicted molar refractivity (Wildman–Crippen MR) is 90.4 cm³/mol. The van der Waals surface area contributed by atoms with Gasteiger partial charge in [0.1, 0.15) is 0 Å². The van der Waals surface area contributed by atoms with Gasteiger partial charge in [0, 0.05) is 35.9 Å². The molecule has 0 unspecified atom stereocenters. The average Bonchev–Trinajstić information content (AvgIpc) is 2.90. The molecular formula is C18H17ClN2O. The second kappa shape index (κ2) is 6.24. The lowest BCUT2D eigenvalue weighted by atomic mass is 10.1. The third-order valence-corrected chi connectivity index (χ3v) is 4.01. The number of aryl methyl sites for hydroxylation is 1. The third kappa shape index (κ3) is 3.15. The molecule has 2 aromatic carbocycles. The molecule has 1 heterocycles. The van der Waals surface area contributed by atoms with Crippen molar-refractivity contribution in [1.29, 1.82) is 0 Å². The Kier molecular flexibility index (Phi) is 4.16. The number of nitrogens with one attached hydrogen (secondary N) is 1. The molecule has 0 saturated heterocycles. The molecule has 1 N–H and O–H groups in total. The van der Waals surface area contributed by atoms with E-state index in [4.69, 9.17) is 11.6 Å². The van der Waals surface area contributed by atoms with Crippen LogP contribution in [0.15, 0.2) is 54.7 Å². The van der Waals surface area contributed by atoms with Crippen molar-refractivity contribution in [3.8, 4) is 0 Å². The molecule has 1 aromatic heterocycles. The highest BCUT2D eigenvalue weighted by molar-refractivity contribution is 6.30. The van der Waals surface area contributed by atoms with E-state index in [2.05, 4.69) is 5.32 Å². The van der Waals surface area contributed by atoms with Gasteiger partial charge in [-0.1, -0.05) is 29.8 Å². The van der Waals surface area contributed by atoms with Gasteiger partial charge in [0.15, 0.2) is 0 Å². The third-order valence-electron chi connectivity index (χ3n) is 3.76. The van der Waals surface area contributed by atoms with Crippen molar-refractivity contribution in [2.75, 3.05) is 6.54 Å². The molecule has 112 valence electrons. The Bertz CT molecular complexity index is 806. The second-order valence-corrected chi connectivity index (χ2v) is 5.77. The number of amides is 1. The minimum absolute atomic E-state index is 0.0444. The molecule has 0 bridgehead atoms. The zero-order valence-corrected chi connectivity index (χ0v) is 13.1. The fourth-order valence-electron chi connectivity index (χ4n) is 2.48. The molecule has 0 aliphatic rings. The molecule has 4 heteroatoms. The highest BCUT2D eigenvalue weighted by Crippen LogP contribution is 2.16. The summed E-state index contributed by atoms with van der Waals surface area (Å²) in [6.07, 6.45) is 2.78. The van der Waals surface area contributed by atoms with E-state index < -0.39 is 0 Å². The fourth-order valence-corrected chi connectivity index (χ4v) is 2.60. The Balaban J connectivity index is 1.63. The van der Waals surface area contributed by atoms with E-state index in [1.165, 1.54) is 0 Å². The SMILES string of the molecule is Cn1ccc2ccc(C(=O)NCCc3ccc(Cl)cc3)cc21. The summed E-state index contributed by atoms with van der Waals surface area (Å²) in [4.78, 5) is 12.2. The molecule has 0 radical (unpaired) electrons. The highest BCUT2D eigenvalue weighted by atomic mass is 35.5. The van der Waals surface area contributed by atoms with Crippen molar-refractivity contribution in [3.63, 3.8) is 0 Å². The van der Waals surface area contributed by atoms with Crippen LogP contribution in [0.25, 0.3) is 10.9 Å². The molecule has 0 aliphatic carbocycles. The van der Waals surface area contributed by atoms with E-state index in [9.17, 15) is 4.79 Å². The molecule has 0 spiro atoms. The van der Waals surface area contributed by atoms with E-state index in [1.54, 1.807) is 0 Å². The molecule has 1 amide bonds. The van der Waals surface area contributed by atoms with Crippen LogP contribution in [0.1, 0.15) is 15.9 Å². The monoisotopic (exact) mass is 312 g/mol. The van der Waals surface area contributed by atoms with Gasteiger partial charge in [-0.15, -0.1) is 0 Å². The maximum Gasteiger partial charge on any atom is 0.251 e. The summed E-state index contributed by atoms with van der Waals surface area (Å²) in [7, 11) is 1.98. The van der Waals surface area contributed by atoms with Crippen molar-refractivity contribution in [3.05, 3.63) is 70.9 Å². The fraction of sp³-hybridized carbons (Fsp3) is 0.167. The van der Waals surface area contributed by atoms with Crippen molar-refractivity contribution in [2.45, 2.75) is 6.42 Å². The Morgan fingerprint density at radius 2 is 1.91 bits per heavy atom. The van der Waals surface area contributed by atoms with Crippen LogP contribution < -0.4 is 5.32 Å². The highest BCUT2D eigenvalue weighted by Gasteiger charge is 2.07. The van der Waals surface area contributed by atoms with Gasteiger partial charge in [0.2, 0.25) is 0 Å². The van der Waals surface area contributed by atoms with Crippen molar-refractivity contribution in [2.24, 2.45) is 7.05 Å². The van der Waals surface area contributed by atoms with Crippen molar-refractivity contribution >= 4 is 28.4 Å². The number of aromatic nitrogens is 1. The van der Waals surface area contributed by atoms with Crippen LogP contribution in [0.2, 0.25) is 5.02 Å². The molecule has 3 rings (SSSR count). The lowest BCUT2D eigenvalue weighted by Crippen LogP contribution is -2.25. The summed E-state index contributed by atoms with van der Waals surface area (Å²) < 4.78 is 2.01. The lowest BCUT2D eigenvalue weighted by Gasteiger charge is -2.06. The summed E-state index contributed by atoms with van der Waals surface area (Å²) in [6.45, 7) is 0.603. The number of carbonyl (C=O) groups is 1. The Hall–Kier alpha value is -2.26. The number of halogens is 1. The quantitative estimate of drug-likeness (QED) is 0.781. The van der Waals surface area contributed by atoms with Crippen molar-refractivity contribution in [1.82, 2.24) is 9.88 Å². The summed E-state index contributed by atoms with van der Waals surface area (Å²) >= 11 is 5.86. The Morgan fingerprint density at radius 3 is 2.68 bits per heavy atom. The topological polar surface area (TPSA) is 34.0 Å². The first-order valence-electron chi connectivity index (χ1n) is 7.21. The summed E-state index contributed by atoms with van der Waals surface area (Å²) in [5.74, 6) is -0.0444. The smallest absolute Gasteiger partial charge is 0.251 e. The largest absolute Gasteiger partial charge is 0.352 e. The molecule has 0 fully saturated rings. The minimum Gasteiger partial charge on any atom is -0.352 e. The van der Waals surface area contributed by atoms with Crippen LogP contribution in [-0.4, -0.2) is 17.0 Å². The molecule has 3 nitrogen and oxygen atoms in total. The standard InChI is InChI=1S/C18H17ClN2O/c1-21-11-9-14-4-5-15(12-17(14)21)18(22)20-10-8-13-2-6-16(19)7-3-13/h2-7,9,11-12H,8,10H2,1H3,(H,20,22). The molecule has 0 aliphatic heterocycles. The first-order chi connectivity index (χ1) is 10.6. The first kappa shape index (κ1) is 14.7. The van der Waals surface area contributed by atoms with Gasteiger partial charge in [-0.05, 0) is 47.7 Å². The van der Waals surface area contributed by atoms with Crippen LogP contribution >= 0.6 is 11.6 Å². The van der Waals surface area contributed by atoms with E-state index in [0.717, 1.165) is 27.9 Å². The number of benzene rings is 2. The van der Waals surface area contributed by atoms with Crippen LogP contribution in [-0.2, 0) is 13.5 Å². The number of hydrogen-bond donors (Lipinski definition) is 1. The molecular weight excluding hydrogens is 296 g/mol. The van der Waals surface area contributed by atoms with E-state index in [0.29, 0.717) is 12.1 Å². The number of hydrogen-bond acceptors (Lipinski definition) is 1. The van der Waals surface area contributed by atoms with Gasteiger partial charge >= 0.3 is 0 Å². The summed E-state index contributed by atoms with van der Waals surface area (Å²) in [6, 6.07) is 15.5. The summed E-state index contributed by atoms with van der Waals surface area (Å²) in [5, 5.41) is 4.82. The maximum atomic E-state index is 12.2. The molecule has 3 aromatic rings. The maximum absolute atomic E-state index is 12.2. The number of fused-ring (bicyclic) bond motifs is 1. The number of carbonyl (C=O) groups excluding carboxylic acids is 1. The van der Waals surface area contributed by atoms with Gasteiger partial charge in [-0.25, -0.2) is 0 Å². The van der Waals surface area contributed by atoms with E-state index in [1.807, 2.05) is 66.3 Å². The van der Waals surface area contributed by atoms with E-state index in [-0.39, 0.29) is 5.91 Å². The van der Waals surface area contributed by atoms with Crippen LogP contribution in [0.4, 0.5) is 0 Å². The first-order valence-corrected chi connectivity index (χ1v) is 7.59. The molecule has 0 atom stereocenters. The molecule has 0 saturated carbocycles. The second-order valence-electron chi connectivity index (χ2n) is 5.33. The Morgan fingerprint density at radius 1 is 1.14 bits per heavy atom. The summed E-state index contributed by atoms with van der Waals surface area (Å²) in [5.41, 5.74) is 2.90. The van der Waals surface area contributed by atoms with Gasteiger partial charge in [-0.2, -0.15) is 0 Å². The van der Waals surface area contributed by atoms with Gasteiger partial charge in [-0.3, -0.25) is 4.79 Å². The lowest BCUT2D eigenvalue weighted by molar-refractivity contribution is 0.0954. The predicted octanol–water partition coefficient (Wildman–Crippen LogP) is 3.80. The number of nitrogens with zero attached hydrogens (tertiary/aromatic N) is 1. The van der Waals surface area contributed by atoms with Gasteiger partial charge < -0.3 is 9.88 Å². The van der Waals surface area contributed by atoms with Crippen LogP contribution in [0.5, 0.6) is 0 Å². The Labute approximate surface area is 134 Å². The van der Waals surface area contributed by atoms with Crippen LogP contribution in [0, 0.1) is 0 Å². The van der Waals surface area contributed by atoms with Crippen LogP contribution in [0.3, 0.4) is 0 Å². The van der Waals surface area contributed by atoms with Gasteiger partial charge in [0.25, 0.3) is 5.91 Å². The van der Waals surface area contributed by atoms with Crippen molar-refractivity contribution < 1.29 is 4.79 Å². The zero-order chi connectivity index (χ0) is 15.5. The number of rotatable bonds is 4. The normalized spacial score (nSPS) is 10.8.